The molecule has 3 atom stereocenters. The van der Waals surface area contributed by atoms with Crippen LogP contribution in [0.15, 0.2) is 12.7 Å². The van der Waals surface area contributed by atoms with E-state index in [-0.39, 0.29) is 12.7 Å². The summed E-state index contributed by atoms with van der Waals surface area (Å²) in [5.41, 5.74) is 0. The lowest BCUT2D eigenvalue weighted by atomic mass is 10.1. The molecule has 2 heterocycles. The number of carbonyl (C=O) groups excluding carboxylic acids is 2. The molecule has 0 aromatic heterocycles. The first-order valence-corrected chi connectivity index (χ1v) is 7.74. The van der Waals surface area contributed by atoms with Gasteiger partial charge in [0.15, 0.2) is 18.2 Å². The Labute approximate surface area is 141 Å². The van der Waals surface area contributed by atoms with Crippen LogP contribution in [0.5, 0.6) is 0 Å². The summed E-state index contributed by atoms with van der Waals surface area (Å²) in [6, 6.07) is 0. The number of esters is 2. The highest BCUT2D eigenvalue weighted by molar-refractivity contribution is 5.83. The van der Waals surface area contributed by atoms with Crippen LogP contribution >= 0.6 is 0 Å². The Kier molecular flexibility index (Phi) is 5.64. The Morgan fingerprint density at radius 2 is 1.83 bits per heavy atom. The van der Waals surface area contributed by atoms with Crippen LogP contribution in [0.25, 0.3) is 0 Å². The molecule has 2 aliphatic heterocycles. The van der Waals surface area contributed by atoms with Crippen LogP contribution in [-0.2, 0) is 38.0 Å². The number of hydrogen-bond donors (Lipinski definition) is 0. The normalized spacial score (nSPS) is 30.8. The first-order chi connectivity index (χ1) is 11.1. The van der Waals surface area contributed by atoms with E-state index in [1.165, 1.54) is 0 Å². The molecule has 3 unspecified atom stereocenters. The minimum absolute atomic E-state index is 0.0428. The zero-order valence-electron chi connectivity index (χ0n) is 14.4. The molecule has 0 aromatic rings. The monoisotopic (exact) mass is 344 g/mol. The Morgan fingerprint density at radius 3 is 2.42 bits per heavy atom. The van der Waals surface area contributed by atoms with Crippen molar-refractivity contribution < 1.29 is 38.0 Å². The largest absolute Gasteiger partial charge is 0.460 e. The van der Waals surface area contributed by atoms with E-state index >= 15 is 0 Å². The average molecular weight is 344 g/mol. The summed E-state index contributed by atoms with van der Waals surface area (Å²) in [5.74, 6) is -2.89. The van der Waals surface area contributed by atoms with E-state index in [9.17, 15) is 9.59 Å². The molecule has 0 radical (unpaired) electrons. The lowest BCUT2D eigenvalue weighted by Gasteiger charge is -2.23. The van der Waals surface area contributed by atoms with E-state index in [4.69, 9.17) is 23.7 Å². The van der Waals surface area contributed by atoms with Crippen molar-refractivity contribution in [2.45, 2.75) is 57.6 Å². The average Bonchev–Trinajstić information content (AvgIpc) is 3.01. The molecule has 8 nitrogen and oxygen atoms in total. The summed E-state index contributed by atoms with van der Waals surface area (Å²) in [4.78, 5) is 22.6. The third kappa shape index (κ3) is 5.01. The zero-order valence-corrected chi connectivity index (χ0v) is 14.4. The second kappa shape index (κ2) is 7.18. The predicted molar refractivity (Wildman–Crippen MR) is 80.8 cm³/mol. The molecule has 2 fully saturated rings. The van der Waals surface area contributed by atoms with Crippen molar-refractivity contribution in [1.29, 1.82) is 0 Å². The molecule has 2 saturated heterocycles. The molecule has 0 spiro atoms. The van der Waals surface area contributed by atoms with Gasteiger partial charge >= 0.3 is 11.9 Å². The molecule has 0 bridgehead atoms. The topological polar surface area (TPSA) is 89.5 Å². The van der Waals surface area contributed by atoms with Crippen molar-refractivity contribution >= 4 is 11.9 Å². The van der Waals surface area contributed by atoms with Gasteiger partial charge in [-0.3, -0.25) is 0 Å². The van der Waals surface area contributed by atoms with Gasteiger partial charge in [0.25, 0.3) is 0 Å². The van der Waals surface area contributed by atoms with Crippen LogP contribution < -0.4 is 0 Å². The van der Waals surface area contributed by atoms with Crippen LogP contribution in [-0.4, -0.2) is 61.6 Å². The maximum Gasteiger partial charge on any atom is 0.344 e. The molecule has 0 aliphatic carbocycles. The van der Waals surface area contributed by atoms with E-state index < -0.39 is 42.3 Å². The third-order valence-electron chi connectivity index (χ3n) is 3.53. The number of ether oxygens (including phenoxy) is 6. The van der Waals surface area contributed by atoms with Gasteiger partial charge in [0.1, 0.15) is 24.9 Å². The van der Waals surface area contributed by atoms with E-state index in [1.807, 2.05) is 13.8 Å². The van der Waals surface area contributed by atoms with Gasteiger partial charge in [0.05, 0.1) is 6.61 Å². The molecule has 0 aromatic carbocycles. The SMILES string of the molecule is C=CC(=O)OCC(=O)OCC1OC(C)(C)OC1C1COC(C)(C)O1. The number of carbonyl (C=O) groups is 2. The fourth-order valence-corrected chi connectivity index (χ4v) is 2.59. The second-order valence-corrected chi connectivity index (χ2v) is 6.50. The summed E-state index contributed by atoms with van der Waals surface area (Å²) in [6.45, 7) is 10.3. The fourth-order valence-electron chi connectivity index (χ4n) is 2.59. The highest BCUT2D eigenvalue weighted by Gasteiger charge is 2.50. The standard InChI is InChI=1S/C16H24O8/c1-6-12(17)20-9-13(18)19-7-10-14(24-16(4,5)23-10)11-8-21-15(2,3)22-11/h6,10-11,14H,1,7-9H2,2-5H3. The summed E-state index contributed by atoms with van der Waals surface area (Å²) >= 11 is 0. The third-order valence-corrected chi connectivity index (χ3v) is 3.53. The van der Waals surface area contributed by atoms with Crippen LogP contribution in [0.2, 0.25) is 0 Å². The molecular formula is C16H24O8. The van der Waals surface area contributed by atoms with Crippen molar-refractivity contribution in [2.75, 3.05) is 19.8 Å². The van der Waals surface area contributed by atoms with Crippen molar-refractivity contribution in [1.82, 2.24) is 0 Å². The van der Waals surface area contributed by atoms with Crippen molar-refractivity contribution in [2.24, 2.45) is 0 Å². The molecule has 2 rings (SSSR count). The Hall–Kier alpha value is -1.48. The van der Waals surface area contributed by atoms with E-state index in [2.05, 4.69) is 11.3 Å². The van der Waals surface area contributed by atoms with Crippen molar-refractivity contribution in [3.63, 3.8) is 0 Å². The minimum Gasteiger partial charge on any atom is -0.460 e. The maximum absolute atomic E-state index is 11.6. The first kappa shape index (κ1) is 18.9. The lowest BCUT2D eigenvalue weighted by Crippen LogP contribution is -2.40. The minimum atomic E-state index is -0.826. The zero-order chi connectivity index (χ0) is 18.0. The number of rotatable bonds is 6. The van der Waals surface area contributed by atoms with Crippen LogP contribution in [0.4, 0.5) is 0 Å². The van der Waals surface area contributed by atoms with E-state index in [0.29, 0.717) is 6.61 Å². The van der Waals surface area contributed by atoms with E-state index in [0.717, 1.165) is 6.08 Å². The summed E-state index contributed by atoms with van der Waals surface area (Å²) < 4.78 is 32.7. The van der Waals surface area contributed by atoms with Crippen molar-refractivity contribution in [3.8, 4) is 0 Å². The molecule has 24 heavy (non-hydrogen) atoms. The molecule has 0 N–H and O–H groups in total. The van der Waals surface area contributed by atoms with Gasteiger partial charge in [0.2, 0.25) is 0 Å². The first-order valence-electron chi connectivity index (χ1n) is 7.74. The predicted octanol–water partition coefficient (Wildman–Crippen LogP) is 0.930. The molecule has 136 valence electrons. The van der Waals surface area contributed by atoms with Gasteiger partial charge in [-0.05, 0) is 27.7 Å². The number of hydrogen-bond acceptors (Lipinski definition) is 8. The summed E-state index contributed by atoms with van der Waals surface area (Å²) in [5, 5.41) is 0. The smallest absolute Gasteiger partial charge is 0.344 e. The van der Waals surface area contributed by atoms with Gasteiger partial charge in [0, 0.05) is 6.08 Å². The van der Waals surface area contributed by atoms with Crippen molar-refractivity contribution in [3.05, 3.63) is 12.7 Å². The molecular weight excluding hydrogens is 320 g/mol. The second-order valence-electron chi connectivity index (χ2n) is 6.50. The molecule has 2 aliphatic rings. The highest BCUT2D eigenvalue weighted by atomic mass is 16.8. The van der Waals surface area contributed by atoms with E-state index in [1.54, 1.807) is 13.8 Å². The lowest BCUT2D eigenvalue weighted by molar-refractivity contribution is -0.175. The Balaban J connectivity index is 1.88. The fraction of sp³-hybridized carbons (Fsp3) is 0.750. The molecule has 0 amide bonds. The Morgan fingerprint density at radius 1 is 1.12 bits per heavy atom. The van der Waals surface area contributed by atoms with Gasteiger partial charge in [-0.15, -0.1) is 0 Å². The van der Waals surface area contributed by atoms with Crippen LogP contribution in [0.3, 0.4) is 0 Å². The van der Waals surface area contributed by atoms with Gasteiger partial charge < -0.3 is 28.4 Å². The molecule has 8 heteroatoms. The Bertz CT molecular complexity index is 498. The van der Waals surface area contributed by atoms with Gasteiger partial charge in [-0.25, -0.2) is 9.59 Å². The summed E-state index contributed by atoms with van der Waals surface area (Å²) in [7, 11) is 0. The maximum atomic E-state index is 11.6. The highest BCUT2D eigenvalue weighted by Crippen LogP contribution is 2.35. The van der Waals surface area contributed by atoms with Gasteiger partial charge in [-0.1, -0.05) is 6.58 Å². The van der Waals surface area contributed by atoms with Crippen LogP contribution in [0, 0.1) is 0 Å². The quantitative estimate of drug-likeness (QED) is 0.519. The van der Waals surface area contributed by atoms with Crippen LogP contribution in [0.1, 0.15) is 27.7 Å². The molecule has 0 saturated carbocycles. The summed E-state index contributed by atoms with van der Waals surface area (Å²) in [6.07, 6.45) is -0.310. The van der Waals surface area contributed by atoms with Gasteiger partial charge in [-0.2, -0.15) is 0 Å².